The smallest absolute Gasteiger partial charge is 0.245 e. The van der Waals surface area contributed by atoms with E-state index in [-0.39, 0.29) is 11.4 Å². The van der Waals surface area contributed by atoms with Gasteiger partial charge in [0.05, 0.1) is 5.69 Å². The first kappa shape index (κ1) is 14.9. The molecule has 21 heavy (non-hydrogen) atoms. The molecule has 116 valence electrons. The summed E-state index contributed by atoms with van der Waals surface area (Å²) in [5, 5.41) is 0. The first-order valence-electron chi connectivity index (χ1n) is 7.51. The first-order valence-corrected chi connectivity index (χ1v) is 8.95. The van der Waals surface area contributed by atoms with Crippen molar-refractivity contribution in [1.82, 2.24) is 14.2 Å². The first-order chi connectivity index (χ1) is 10.1. The summed E-state index contributed by atoms with van der Waals surface area (Å²) in [6.07, 6.45) is 5.09. The zero-order chi connectivity index (χ0) is 14.9. The van der Waals surface area contributed by atoms with Crippen LogP contribution in [0.1, 0.15) is 25.0 Å². The van der Waals surface area contributed by atoms with Crippen LogP contribution in [-0.2, 0) is 16.6 Å². The van der Waals surface area contributed by atoms with Crippen LogP contribution >= 0.6 is 0 Å². The molecule has 2 aliphatic rings. The van der Waals surface area contributed by atoms with Crippen LogP contribution in [0.3, 0.4) is 0 Å². The van der Waals surface area contributed by atoms with E-state index in [0.717, 1.165) is 19.5 Å². The normalized spacial score (nSPS) is 24.7. The molecule has 0 aliphatic carbocycles. The molecule has 0 radical (unpaired) electrons. The summed E-state index contributed by atoms with van der Waals surface area (Å²) in [5.74, 6) is 0. The summed E-state index contributed by atoms with van der Waals surface area (Å²) >= 11 is 0. The number of sulfonamides is 1. The molecule has 2 N–H and O–H groups in total. The van der Waals surface area contributed by atoms with Gasteiger partial charge in [-0.15, -0.1) is 0 Å². The molecule has 0 amide bonds. The number of nitrogens with zero attached hydrogens (tertiary/aromatic N) is 3. The summed E-state index contributed by atoms with van der Waals surface area (Å²) in [6.45, 7) is 3.19. The van der Waals surface area contributed by atoms with Crippen molar-refractivity contribution in [3.8, 4) is 0 Å². The fraction of sp³-hybridized carbons (Fsp3) is 0.643. The van der Waals surface area contributed by atoms with Gasteiger partial charge in [0, 0.05) is 38.4 Å². The molecule has 0 saturated carbocycles. The van der Waals surface area contributed by atoms with Gasteiger partial charge in [0.1, 0.15) is 4.90 Å². The number of hydrogen-bond acceptors (Lipinski definition) is 5. The SMILES string of the molecule is NCc1ncccc1S(=O)(=O)N1CCN2CCCCC2C1. The monoisotopic (exact) mass is 310 g/mol. The van der Waals surface area contributed by atoms with Gasteiger partial charge in [-0.1, -0.05) is 6.42 Å². The van der Waals surface area contributed by atoms with Crippen LogP contribution in [-0.4, -0.2) is 54.8 Å². The Morgan fingerprint density at radius 3 is 2.95 bits per heavy atom. The van der Waals surface area contributed by atoms with Gasteiger partial charge in [-0.3, -0.25) is 9.88 Å². The minimum absolute atomic E-state index is 0.138. The number of hydrogen-bond donors (Lipinski definition) is 1. The molecule has 2 aliphatic heterocycles. The third kappa shape index (κ3) is 2.83. The Bertz CT molecular complexity index is 605. The second kappa shape index (κ2) is 6.00. The molecule has 2 saturated heterocycles. The Hall–Kier alpha value is -1.02. The van der Waals surface area contributed by atoms with Crippen molar-refractivity contribution in [1.29, 1.82) is 0 Å². The van der Waals surface area contributed by atoms with Crippen molar-refractivity contribution in [3.63, 3.8) is 0 Å². The maximum atomic E-state index is 12.9. The molecule has 2 fully saturated rings. The van der Waals surface area contributed by atoms with E-state index in [1.54, 1.807) is 22.6 Å². The number of rotatable bonds is 3. The second-order valence-electron chi connectivity index (χ2n) is 5.70. The molecule has 1 aromatic rings. The van der Waals surface area contributed by atoms with Crippen molar-refractivity contribution in [2.24, 2.45) is 5.73 Å². The van der Waals surface area contributed by atoms with E-state index in [0.29, 0.717) is 24.8 Å². The predicted octanol–water partition coefficient (Wildman–Crippen LogP) is 0.399. The van der Waals surface area contributed by atoms with Crippen LogP contribution in [0.4, 0.5) is 0 Å². The van der Waals surface area contributed by atoms with Crippen LogP contribution in [0.5, 0.6) is 0 Å². The van der Waals surface area contributed by atoms with Gasteiger partial charge in [-0.25, -0.2) is 8.42 Å². The third-order valence-electron chi connectivity index (χ3n) is 4.46. The van der Waals surface area contributed by atoms with Gasteiger partial charge in [0.15, 0.2) is 0 Å². The van der Waals surface area contributed by atoms with Gasteiger partial charge in [0.25, 0.3) is 0 Å². The summed E-state index contributed by atoms with van der Waals surface area (Å²) < 4.78 is 27.3. The van der Waals surface area contributed by atoms with E-state index in [4.69, 9.17) is 5.73 Å². The summed E-state index contributed by atoms with van der Waals surface area (Å²) in [7, 11) is -3.49. The van der Waals surface area contributed by atoms with Crippen LogP contribution in [0.2, 0.25) is 0 Å². The Kier molecular flexibility index (Phi) is 4.26. The molecule has 6 nitrogen and oxygen atoms in total. The van der Waals surface area contributed by atoms with Crippen molar-refractivity contribution in [2.45, 2.75) is 36.7 Å². The molecular weight excluding hydrogens is 288 g/mol. The fourth-order valence-electron chi connectivity index (χ4n) is 3.30. The standard InChI is InChI=1S/C14H22N4O2S/c15-10-13-14(5-3-6-16-13)21(19,20)18-9-8-17-7-2-1-4-12(17)11-18/h3,5-6,12H,1-2,4,7-11,15H2. The van der Waals surface area contributed by atoms with Crippen molar-refractivity contribution in [2.75, 3.05) is 26.2 Å². The molecule has 3 heterocycles. The van der Waals surface area contributed by atoms with Gasteiger partial charge in [-0.2, -0.15) is 4.31 Å². The van der Waals surface area contributed by atoms with Gasteiger partial charge in [0.2, 0.25) is 10.0 Å². The molecule has 0 spiro atoms. The Balaban J connectivity index is 1.85. The van der Waals surface area contributed by atoms with Crippen LogP contribution in [0.15, 0.2) is 23.2 Å². The number of pyridine rings is 1. The molecule has 1 aromatic heterocycles. The van der Waals surface area contributed by atoms with Gasteiger partial charge < -0.3 is 5.73 Å². The number of piperidine rings is 1. The number of piperazine rings is 1. The molecule has 1 atom stereocenters. The molecule has 0 bridgehead atoms. The van der Waals surface area contributed by atoms with Crippen molar-refractivity contribution >= 4 is 10.0 Å². The second-order valence-corrected chi connectivity index (χ2v) is 7.61. The lowest BCUT2D eigenvalue weighted by Crippen LogP contribution is -2.56. The van der Waals surface area contributed by atoms with E-state index in [1.807, 2.05) is 0 Å². The van der Waals surface area contributed by atoms with Gasteiger partial charge >= 0.3 is 0 Å². The highest BCUT2D eigenvalue weighted by molar-refractivity contribution is 7.89. The van der Waals surface area contributed by atoms with E-state index in [2.05, 4.69) is 9.88 Å². The third-order valence-corrected chi connectivity index (χ3v) is 6.40. The van der Waals surface area contributed by atoms with E-state index < -0.39 is 10.0 Å². The van der Waals surface area contributed by atoms with Gasteiger partial charge in [-0.05, 0) is 31.5 Å². The zero-order valence-electron chi connectivity index (χ0n) is 12.1. The van der Waals surface area contributed by atoms with Crippen LogP contribution in [0.25, 0.3) is 0 Å². The highest BCUT2D eigenvalue weighted by Crippen LogP contribution is 2.26. The van der Waals surface area contributed by atoms with Crippen LogP contribution in [0, 0.1) is 0 Å². The largest absolute Gasteiger partial charge is 0.325 e. The molecule has 7 heteroatoms. The molecule has 3 rings (SSSR count). The molecule has 0 aromatic carbocycles. The van der Waals surface area contributed by atoms with E-state index in [9.17, 15) is 8.42 Å². The zero-order valence-corrected chi connectivity index (χ0v) is 12.9. The lowest BCUT2D eigenvalue weighted by molar-refractivity contribution is 0.0851. The fourth-order valence-corrected chi connectivity index (χ4v) is 4.95. The Morgan fingerprint density at radius 2 is 2.14 bits per heavy atom. The lowest BCUT2D eigenvalue weighted by atomic mass is 10.0. The van der Waals surface area contributed by atoms with E-state index in [1.165, 1.54) is 12.8 Å². The number of aromatic nitrogens is 1. The highest BCUT2D eigenvalue weighted by Gasteiger charge is 2.35. The Labute approximate surface area is 126 Å². The predicted molar refractivity (Wildman–Crippen MR) is 80.1 cm³/mol. The van der Waals surface area contributed by atoms with Crippen molar-refractivity contribution in [3.05, 3.63) is 24.0 Å². The number of nitrogens with two attached hydrogens (primary N) is 1. The maximum absolute atomic E-state index is 12.9. The minimum Gasteiger partial charge on any atom is -0.325 e. The number of fused-ring (bicyclic) bond motifs is 1. The average Bonchev–Trinajstić information content (AvgIpc) is 2.54. The van der Waals surface area contributed by atoms with Crippen LogP contribution < -0.4 is 5.73 Å². The highest BCUT2D eigenvalue weighted by atomic mass is 32.2. The quantitative estimate of drug-likeness (QED) is 0.874. The topological polar surface area (TPSA) is 79.5 Å². The summed E-state index contributed by atoms with van der Waals surface area (Å²) in [4.78, 5) is 6.78. The molecule has 1 unspecified atom stereocenters. The Morgan fingerprint density at radius 1 is 1.29 bits per heavy atom. The summed E-state index contributed by atoms with van der Waals surface area (Å²) in [6, 6.07) is 3.63. The average molecular weight is 310 g/mol. The molecular formula is C14H22N4O2S. The maximum Gasteiger partial charge on any atom is 0.245 e. The lowest BCUT2D eigenvalue weighted by Gasteiger charge is -2.43. The summed E-state index contributed by atoms with van der Waals surface area (Å²) in [5.41, 5.74) is 6.08. The van der Waals surface area contributed by atoms with E-state index >= 15 is 0 Å². The minimum atomic E-state index is -3.49. The van der Waals surface area contributed by atoms with Crippen molar-refractivity contribution < 1.29 is 8.42 Å².